The smallest absolute Gasteiger partial charge is 0.311 e. The second kappa shape index (κ2) is 2.73. The van der Waals surface area contributed by atoms with Crippen LogP contribution in [-0.4, -0.2) is 24.3 Å². The predicted octanol–water partition coefficient (Wildman–Crippen LogP) is 1.28. The van der Waals surface area contributed by atoms with Crippen LogP contribution in [-0.2, 0) is 9.53 Å². The number of rotatable bonds is 1. The fraction of sp³-hybridized carbons (Fsp3) is 0.889. The van der Waals surface area contributed by atoms with Gasteiger partial charge in [0.2, 0.25) is 0 Å². The van der Waals surface area contributed by atoms with Gasteiger partial charge in [-0.2, -0.15) is 0 Å². The number of carboxylic acid groups (broad SMARTS) is 1. The van der Waals surface area contributed by atoms with Crippen LogP contribution in [0.2, 0.25) is 0 Å². The average Bonchev–Trinajstić information content (AvgIpc) is 2.04. The largest absolute Gasteiger partial charge is 0.481 e. The molecule has 12 heavy (non-hydrogen) atoms. The second-order valence-corrected chi connectivity index (χ2v) is 4.06. The fourth-order valence-electron chi connectivity index (χ4n) is 2.44. The van der Waals surface area contributed by atoms with Gasteiger partial charge in [0.15, 0.2) is 0 Å². The number of ether oxygens (including phenoxy) is 1. The summed E-state index contributed by atoms with van der Waals surface area (Å²) >= 11 is 0. The van der Waals surface area contributed by atoms with E-state index >= 15 is 0 Å². The minimum atomic E-state index is -0.660. The van der Waals surface area contributed by atoms with Crippen LogP contribution in [0.25, 0.3) is 0 Å². The summed E-state index contributed by atoms with van der Waals surface area (Å²) in [7, 11) is 0. The van der Waals surface area contributed by atoms with Gasteiger partial charge in [0.25, 0.3) is 0 Å². The third kappa shape index (κ3) is 1.12. The summed E-state index contributed by atoms with van der Waals surface area (Å²) in [5, 5.41) is 9.06. The zero-order chi connectivity index (χ0) is 8.60. The summed E-state index contributed by atoms with van der Waals surface area (Å²) in [6.07, 6.45) is 3.84. The van der Waals surface area contributed by atoms with Crippen molar-refractivity contribution in [1.82, 2.24) is 0 Å². The molecule has 2 aliphatic rings. The Hall–Kier alpha value is -0.570. The number of hydrogen-bond donors (Lipinski definition) is 1. The van der Waals surface area contributed by atoms with E-state index in [0.29, 0.717) is 12.5 Å². The lowest BCUT2D eigenvalue weighted by Crippen LogP contribution is -2.45. The van der Waals surface area contributed by atoms with E-state index in [-0.39, 0.29) is 0 Å². The fourth-order valence-corrected chi connectivity index (χ4v) is 2.44. The molecule has 0 aromatic carbocycles. The summed E-state index contributed by atoms with van der Waals surface area (Å²) in [6, 6.07) is 0. The number of fused-ring (bicyclic) bond motifs is 2. The van der Waals surface area contributed by atoms with Crippen LogP contribution in [0.3, 0.4) is 0 Å². The van der Waals surface area contributed by atoms with Gasteiger partial charge in [-0.05, 0) is 25.2 Å². The zero-order valence-electron chi connectivity index (χ0n) is 7.08. The highest BCUT2D eigenvalue weighted by Crippen LogP contribution is 2.43. The average molecular weight is 170 g/mol. The van der Waals surface area contributed by atoms with Gasteiger partial charge >= 0.3 is 5.97 Å². The van der Waals surface area contributed by atoms with Crippen molar-refractivity contribution in [2.45, 2.75) is 25.7 Å². The second-order valence-electron chi connectivity index (χ2n) is 4.06. The molecule has 2 rings (SSSR count). The van der Waals surface area contributed by atoms with Gasteiger partial charge < -0.3 is 9.84 Å². The van der Waals surface area contributed by atoms with Crippen molar-refractivity contribution in [1.29, 1.82) is 0 Å². The van der Waals surface area contributed by atoms with Crippen LogP contribution in [0.1, 0.15) is 25.7 Å². The quantitative estimate of drug-likeness (QED) is 0.644. The maximum atomic E-state index is 11.0. The predicted molar refractivity (Wildman–Crippen MR) is 42.8 cm³/mol. The van der Waals surface area contributed by atoms with Gasteiger partial charge in [0, 0.05) is 6.61 Å². The van der Waals surface area contributed by atoms with Crippen molar-refractivity contribution >= 4 is 5.97 Å². The molecule has 0 aromatic heterocycles. The van der Waals surface area contributed by atoms with Crippen LogP contribution in [0.4, 0.5) is 0 Å². The highest BCUT2D eigenvalue weighted by molar-refractivity contribution is 5.75. The maximum Gasteiger partial charge on any atom is 0.311 e. The van der Waals surface area contributed by atoms with Gasteiger partial charge in [0.1, 0.15) is 0 Å². The Bertz CT molecular complexity index is 190. The normalized spacial score (nSPS) is 40.8. The van der Waals surface area contributed by atoms with Crippen molar-refractivity contribution in [3.8, 4) is 0 Å². The molecule has 2 unspecified atom stereocenters. The van der Waals surface area contributed by atoms with Crippen molar-refractivity contribution < 1.29 is 14.6 Å². The van der Waals surface area contributed by atoms with E-state index < -0.39 is 11.4 Å². The van der Waals surface area contributed by atoms with E-state index in [1.165, 1.54) is 0 Å². The van der Waals surface area contributed by atoms with E-state index in [0.717, 1.165) is 32.3 Å². The zero-order valence-corrected chi connectivity index (χ0v) is 7.08. The van der Waals surface area contributed by atoms with Gasteiger partial charge in [-0.1, -0.05) is 6.42 Å². The molecule has 3 heteroatoms. The molecule has 2 atom stereocenters. The minimum Gasteiger partial charge on any atom is -0.481 e. The van der Waals surface area contributed by atoms with E-state index in [4.69, 9.17) is 9.84 Å². The first-order valence-corrected chi connectivity index (χ1v) is 4.54. The lowest BCUT2D eigenvalue weighted by atomic mass is 9.69. The summed E-state index contributed by atoms with van der Waals surface area (Å²) in [5.41, 5.74) is -0.527. The lowest BCUT2D eigenvalue weighted by Gasteiger charge is -2.41. The van der Waals surface area contributed by atoms with Crippen molar-refractivity contribution in [3.05, 3.63) is 0 Å². The number of carboxylic acids is 1. The van der Waals surface area contributed by atoms with Crippen molar-refractivity contribution in [2.24, 2.45) is 11.3 Å². The molecule has 1 heterocycles. The molecule has 0 spiro atoms. The number of aliphatic carboxylic acids is 1. The van der Waals surface area contributed by atoms with Gasteiger partial charge in [-0.3, -0.25) is 4.79 Å². The Balaban J connectivity index is 2.17. The van der Waals surface area contributed by atoms with Crippen LogP contribution < -0.4 is 0 Å². The molecule has 2 fully saturated rings. The molecular weight excluding hydrogens is 156 g/mol. The topological polar surface area (TPSA) is 46.5 Å². The standard InChI is InChI=1S/C9H14O3/c10-8(11)9-3-1-2-7(4-9)5-12-6-9/h7H,1-6H2,(H,10,11). The molecule has 68 valence electrons. The third-order valence-corrected chi connectivity index (χ3v) is 3.13. The van der Waals surface area contributed by atoms with E-state index in [1.54, 1.807) is 0 Å². The van der Waals surface area contributed by atoms with Crippen LogP contribution in [0.15, 0.2) is 0 Å². The molecule has 0 aromatic rings. The van der Waals surface area contributed by atoms with Crippen molar-refractivity contribution in [3.63, 3.8) is 0 Å². The SMILES string of the molecule is O=C(O)C12CCCC(COC1)C2. The molecule has 2 bridgehead atoms. The lowest BCUT2D eigenvalue weighted by molar-refractivity contribution is -0.165. The molecule has 1 saturated carbocycles. The van der Waals surface area contributed by atoms with Gasteiger partial charge in [-0.15, -0.1) is 0 Å². The van der Waals surface area contributed by atoms with E-state index in [9.17, 15) is 4.79 Å². The summed E-state index contributed by atoms with van der Waals surface area (Å²) in [6.45, 7) is 1.20. The summed E-state index contributed by atoms with van der Waals surface area (Å²) in [4.78, 5) is 11.0. The Morgan fingerprint density at radius 2 is 2.42 bits per heavy atom. The molecule has 0 amide bonds. The van der Waals surface area contributed by atoms with Gasteiger partial charge in [-0.25, -0.2) is 0 Å². The highest BCUT2D eigenvalue weighted by Gasteiger charge is 2.45. The molecule has 1 N–H and O–H groups in total. The number of carbonyl (C=O) groups is 1. The molecule has 3 nitrogen and oxygen atoms in total. The van der Waals surface area contributed by atoms with E-state index in [2.05, 4.69) is 0 Å². The molecule has 1 saturated heterocycles. The first kappa shape index (κ1) is 8.05. The Morgan fingerprint density at radius 1 is 1.58 bits per heavy atom. The Kier molecular flexibility index (Phi) is 1.83. The Morgan fingerprint density at radius 3 is 3.08 bits per heavy atom. The maximum absolute atomic E-state index is 11.0. The molecule has 0 radical (unpaired) electrons. The third-order valence-electron chi connectivity index (χ3n) is 3.13. The Labute approximate surface area is 71.7 Å². The monoisotopic (exact) mass is 170 g/mol. The first-order chi connectivity index (χ1) is 5.73. The number of hydrogen-bond acceptors (Lipinski definition) is 2. The summed E-state index contributed by atoms with van der Waals surface area (Å²) < 4.78 is 5.32. The van der Waals surface area contributed by atoms with E-state index in [1.807, 2.05) is 0 Å². The summed E-state index contributed by atoms with van der Waals surface area (Å²) in [5.74, 6) is -0.157. The van der Waals surface area contributed by atoms with Crippen LogP contribution >= 0.6 is 0 Å². The molecule has 1 aliphatic carbocycles. The molecule has 1 aliphatic heterocycles. The highest BCUT2D eigenvalue weighted by atomic mass is 16.5. The van der Waals surface area contributed by atoms with Gasteiger partial charge in [0.05, 0.1) is 12.0 Å². The first-order valence-electron chi connectivity index (χ1n) is 4.54. The minimum absolute atomic E-state index is 0.429. The van der Waals surface area contributed by atoms with Crippen molar-refractivity contribution in [2.75, 3.05) is 13.2 Å². The van der Waals surface area contributed by atoms with Crippen LogP contribution in [0, 0.1) is 11.3 Å². The molecular formula is C9H14O3. The van der Waals surface area contributed by atoms with Crippen LogP contribution in [0.5, 0.6) is 0 Å².